The van der Waals surface area contributed by atoms with Crippen molar-refractivity contribution in [3.8, 4) is 0 Å². The number of sulfonamides is 1. The predicted octanol–water partition coefficient (Wildman–Crippen LogP) is 3.26. The third-order valence-electron chi connectivity index (χ3n) is 3.59. The largest absolute Gasteiger partial charge is 0.376 e. The summed E-state index contributed by atoms with van der Waals surface area (Å²) in [6.07, 6.45) is 1.33. The van der Waals surface area contributed by atoms with Crippen LogP contribution in [0.4, 0.5) is 15.8 Å². The van der Waals surface area contributed by atoms with Gasteiger partial charge in [-0.15, -0.1) is 6.58 Å². The molecule has 6 nitrogen and oxygen atoms in total. The van der Waals surface area contributed by atoms with Crippen molar-refractivity contribution in [2.75, 3.05) is 30.9 Å². The van der Waals surface area contributed by atoms with E-state index < -0.39 is 26.6 Å². The Balaban J connectivity index is 2.28. The summed E-state index contributed by atoms with van der Waals surface area (Å²) in [5.41, 5.74) is 1.19. The Labute approximate surface area is 162 Å². The van der Waals surface area contributed by atoms with Crippen molar-refractivity contribution in [3.05, 3.63) is 65.5 Å². The number of anilines is 2. The lowest BCUT2D eigenvalue weighted by Crippen LogP contribution is -2.25. The van der Waals surface area contributed by atoms with Crippen LogP contribution >= 0.6 is 11.6 Å². The first-order chi connectivity index (χ1) is 12.7. The molecule has 1 amide bonds. The topological polar surface area (TPSA) is 78.5 Å². The molecule has 0 aliphatic rings. The van der Waals surface area contributed by atoms with Crippen LogP contribution in [0.5, 0.6) is 0 Å². The average molecular weight is 412 g/mol. The molecule has 27 heavy (non-hydrogen) atoms. The van der Waals surface area contributed by atoms with Gasteiger partial charge in [0.2, 0.25) is 10.0 Å². The second kappa shape index (κ2) is 8.51. The van der Waals surface area contributed by atoms with Crippen LogP contribution in [0.2, 0.25) is 5.02 Å². The van der Waals surface area contributed by atoms with Crippen molar-refractivity contribution in [1.29, 1.82) is 0 Å². The monoisotopic (exact) mass is 411 g/mol. The number of amides is 1. The number of nitrogens with zero attached hydrogens (tertiary/aromatic N) is 1. The molecule has 2 aromatic carbocycles. The van der Waals surface area contributed by atoms with Crippen molar-refractivity contribution in [2.24, 2.45) is 0 Å². The fourth-order valence-electron chi connectivity index (χ4n) is 2.25. The highest BCUT2D eigenvalue weighted by Gasteiger charge is 2.20. The highest BCUT2D eigenvalue weighted by Crippen LogP contribution is 2.27. The molecule has 0 saturated carbocycles. The number of hydrogen-bond acceptors (Lipinski definition) is 4. The van der Waals surface area contributed by atoms with E-state index >= 15 is 0 Å². The Hall–Kier alpha value is -2.42. The standard InChI is InChI=1S/C18H19ClFN3O3S/c1-4-9-21-27(25,26)17-10-12(5-7-15(17)20)18(24)22-13-6-8-16(23(2)3)14(19)11-13/h4-8,10-11,21H,1,9H2,2-3H3,(H,22,24). The zero-order valence-electron chi connectivity index (χ0n) is 14.8. The lowest BCUT2D eigenvalue weighted by molar-refractivity contribution is 0.102. The van der Waals surface area contributed by atoms with Gasteiger partial charge in [-0.25, -0.2) is 17.5 Å². The number of hydrogen-bond donors (Lipinski definition) is 2. The van der Waals surface area contributed by atoms with Crippen molar-refractivity contribution >= 4 is 38.9 Å². The van der Waals surface area contributed by atoms with E-state index in [2.05, 4.69) is 16.6 Å². The Bertz CT molecular complexity index is 978. The van der Waals surface area contributed by atoms with Crippen molar-refractivity contribution in [3.63, 3.8) is 0 Å². The molecule has 0 saturated heterocycles. The first-order valence-electron chi connectivity index (χ1n) is 7.84. The lowest BCUT2D eigenvalue weighted by Gasteiger charge is -2.15. The van der Waals surface area contributed by atoms with Crippen LogP contribution in [0.15, 0.2) is 53.9 Å². The molecule has 0 fully saturated rings. The number of rotatable bonds is 7. The molecular formula is C18H19ClFN3O3S. The molecule has 2 aromatic rings. The zero-order chi connectivity index (χ0) is 20.2. The van der Waals surface area contributed by atoms with Crippen LogP contribution in [-0.2, 0) is 10.0 Å². The first-order valence-corrected chi connectivity index (χ1v) is 9.70. The van der Waals surface area contributed by atoms with Gasteiger partial charge < -0.3 is 10.2 Å². The third kappa shape index (κ3) is 5.06. The minimum Gasteiger partial charge on any atom is -0.376 e. The summed E-state index contributed by atoms with van der Waals surface area (Å²) in [6, 6.07) is 8.07. The van der Waals surface area contributed by atoms with Gasteiger partial charge in [-0.05, 0) is 36.4 Å². The van der Waals surface area contributed by atoms with E-state index in [1.165, 1.54) is 12.1 Å². The molecule has 0 aromatic heterocycles. The quantitative estimate of drug-likeness (QED) is 0.685. The second-order valence-electron chi connectivity index (χ2n) is 5.80. The molecular weight excluding hydrogens is 393 g/mol. The number of carbonyl (C=O) groups excluding carboxylic acids is 1. The molecule has 0 aliphatic carbocycles. The van der Waals surface area contributed by atoms with Crippen molar-refractivity contribution < 1.29 is 17.6 Å². The smallest absolute Gasteiger partial charge is 0.255 e. The van der Waals surface area contributed by atoms with Crippen LogP contribution in [0, 0.1) is 5.82 Å². The zero-order valence-corrected chi connectivity index (χ0v) is 16.4. The SMILES string of the molecule is C=CCNS(=O)(=O)c1cc(C(=O)Nc2ccc(N(C)C)c(Cl)c2)ccc1F. The van der Waals surface area contributed by atoms with Crippen LogP contribution in [0.25, 0.3) is 0 Å². The summed E-state index contributed by atoms with van der Waals surface area (Å²) < 4.78 is 40.4. The maximum Gasteiger partial charge on any atom is 0.255 e. The Kier molecular flexibility index (Phi) is 6.59. The lowest BCUT2D eigenvalue weighted by atomic mass is 10.2. The number of benzene rings is 2. The average Bonchev–Trinajstić information content (AvgIpc) is 2.60. The van der Waals surface area contributed by atoms with E-state index in [1.807, 2.05) is 19.0 Å². The minimum atomic E-state index is -4.11. The minimum absolute atomic E-state index is 0.0109. The normalized spacial score (nSPS) is 11.1. The van der Waals surface area contributed by atoms with Gasteiger partial charge in [0, 0.05) is 31.9 Å². The maximum absolute atomic E-state index is 14.0. The van der Waals surface area contributed by atoms with Gasteiger partial charge in [0.1, 0.15) is 10.7 Å². The molecule has 0 spiro atoms. The van der Waals surface area contributed by atoms with Crippen LogP contribution in [0.3, 0.4) is 0 Å². The molecule has 0 atom stereocenters. The van der Waals surface area contributed by atoms with E-state index in [9.17, 15) is 17.6 Å². The summed E-state index contributed by atoms with van der Waals surface area (Å²) in [7, 11) is -0.439. The molecule has 2 N–H and O–H groups in total. The van der Waals surface area contributed by atoms with Crippen LogP contribution in [0.1, 0.15) is 10.4 Å². The van der Waals surface area contributed by atoms with E-state index in [0.717, 1.165) is 17.8 Å². The van der Waals surface area contributed by atoms with E-state index in [4.69, 9.17) is 11.6 Å². The van der Waals surface area contributed by atoms with E-state index in [-0.39, 0.29) is 12.1 Å². The van der Waals surface area contributed by atoms with Gasteiger partial charge in [-0.3, -0.25) is 4.79 Å². The predicted molar refractivity (Wildman–Crippen MR) is 106 cm³/mol. The molecule has 0 heterocycles. The molecule has 0 aliphatic heterocycles. The summed E-state index contributed by atoms with van der Waals surface area (Å²) >= 11 is 6.17. The van der Waals surface area contributed by atoms with Gasteiger partial charge in [0.05, 0.1) is 10.7 Å². The molecule has 0 radical (unpaired) electrons. The highest BCUT2D eigenvalue weighted by molar-refractivity contribution is 7.89. The Morgan fingerprint density at radius 1 is 1.26 bits per heavy atom. The third-order valence-corrected chi connectivity index (χ3v) is 5.33. The summed E-state index contributed by atoms with van der Waals surface area (Å²) in [5.74, 6) is -1.55. The molecule has 0 bridgehead atoms. The summed E-state index contributed by atoms with van der Waals surface area (Å²) in [4.78, 5) is 13.6. The highest BCUT2D eigenvalue weighted by atomic mass is 35.5. The van der Waals surface area contributed by atoms with Gasteiger partial charge >= 0.3 is 0 Å². The van der Waals surface area contributed by atoms with Gasteiger partial charge in [-0.2, -0.15) is 0 Å². The fraction of sp³-hybridized carbons (Fsp3) is 0.167. The van der Waals surface area contributed by atoms with Crippen molar-refractivity contribution in [2.45, 2.75) is 4.90 Å². The summed E-state index contributed by atoms with van der Waals surface area (Å²) in [5, 5.41) is 3.05. The number of carbonyl (C=O) groups is 1. The van der Waals surface area contributed by atoms with Crippen molar-refractivity contribution in [1.82, 2.24) is 4.72 Å². The van der Waals surface area contributed by atoms with Gasteiger partial charge in [0.25, 0.3) is 5.91 Å². The van der Waals surface area contributed by atoms with E-state index in [0.29, 0.717) is 10.7 Å². The Morgan fingerprint density at radius 2 is 1.96 bits per heavy atom. The fourth-order valence-corrected chi connectivity index (χ4v) is 3.70. The summed E-state index contributed by atoms with van der Waals surface area (Å²) in [6.45, 7) is 3.34. The van der Waals surface area contributed by atoms with Crippen LogP contribution in [-0.4, -0.2) is 35.0 Å². The molecule has 144 valence electrons. The number of halogens is 2. The van der Waals surface area contributed by atoms with E-state index in [1.54, 1.807) is 18.2 Å². The number of nitrogens with one attached hydrogen (secondary N) is 2. The van der Waals surface area contributed by atoms with Gasteiger partial charge in [0.15, 0.2) is 0 Å². The molecule has 0 unspecified atom stereocenters. The van der Waals surface area contributed by atoms with Crippen LogP contribution < -0.4 is 14.9 Å². The van der Waals surface area contributed by atoms with Gasteiger partial charge in [-0.1, -0.05) is 17.7 Å². The molecule has 2 rings (SSSR count). The maximum atomic E-state index is 14.0. The Morgan fingerprint density at radius 3 is 2.56 bits per heavy atom. The second-order valence-corrected chi connectivity index (χ2v) is 7.94. The molecule has 9 heteroatoms. The first kappa shape index (κ1) is 20.9.